The molecule has 2 heteroatoms. The zero-order valence-electron chi connectivity index (χ0n) is 9.64. The monoisotopic (exact) mass is 212 g/mol. The Balaban J connectivity index is 2.41. The number of pyridine rings is 1. The van der Waals surface area contributed by atoms with E-state index in [1.165, 1.54) is 16.7 Å². The normalized spacial score (nSPS) is 12.4. The summed E-state index contributed by atoms with van der Waals surface area (Å²) in [7, 11) is 1.98. The van der Waals surface area contributed by atoms with Crippen LogP contribution in [0.2, 0.25) is 0 Å². The molecule has 1 aromatic carbocycles. The fraction of sp³-hybridized carbons (Fsp3) is 0.214. The Morgan fingerprint density at radius 3 is 2.38 bits per heavy atom. The molecule has 0 aliphatic carbocycles. The molecule has 0 saturated carbocycles. The highest BCUT2D eigenvalue weighted by Gasteiger charge is 2.12. The summed E-state index contributed by atoms with van der Waals surface area (Å²) in [4.78, 5) is 4.05. The van der Waals surface area contributed by atoms with Crippen LogP contribution in [0.25, 0.3) is 0 Å². The molecule has 0 amide bonds. The molecule has 16 heavy (non-hydrogen) atoms. The zero-order chi connectivity index (χ0) is 11.4. The van der Waals surface area contributed by atoms with Crippen LogP contribution in [0.15, 0.2) is 48.8 Å². The van der Waals surface area contributed by atoms with Gasteiger partial charge in [-0.1, -0.05) is 24.3 Å². The van der Waals surface area contributed by atoms with E-state index >= 15 is 0 Å². The summed E-state index contributed by atoms with van der Waals surface area (Å²) in [5, 5.41) is 3.35. The number of benzene rings is 1. The molecule has 0 radical (unpaired) electrons. The largest absolute Gasteiger partial charge is 0.309 e. The maximum atomic E-state index is 4.05. The first-order chi connectivity index (χ1) is 7.83. The fourth-order valence-electron chi connectivity index (χ4n) is 1.97. The van der Waals surface area contributed by atoms with Gasteiger partial charge in [0.25, 0.3) is 0 Å². The van der Waals surface area contributed by atoms with Gasteiger partial charge in [0.15, 0.2) is 0 Å². The molecule has 1 heterocycles. The third-order valence-corrected chi connectivity index (χ3v) is 2.83. The van der Waals surface area contributed by atoms with Crippen LogP contribution in [0.1, 0.15) is 22.7 Å². The van der Waals surface area contributed by atoms with E-state index < -0.39 is 0 Å². The number of nitrogens with one attached hydrogen (secondary N) is 1. The van der Waals surface area contributed by atoms with Gasteiger partial charge < -0.3 is 5.32 Å². The van der Waals surface area contributed by atoms with E-state index in [1.54, 1.807) is 0 Å². The second-order valence-corrected chi connectivity index (χ2v) is 3.86. The van der Waals surface area contributed by atoms with Gasteiger partial charge in [0.1, 0.15) is 0 Å². The number of rotatable bonds is 3. The molecule has 82 valence electrons. The van der Waals surface area contributed by atoms with Gasteiger partial charge in [-0.2, -0.15) is 0 Å². The Bertz CT molecular complexity index is 451. The van der Waals surface area contributed by atoms with Crippen LogP contribution in [0.3, 0.4) is 0 Å². The van der Waals surface area contributed by atoms with Crippen LogP contribution in [0.5, 0.6) is 0 Å². The van der Waals surface area contributed by atoms with Gasteiger partial charge in [-0.05, 0) is 42.8 Å². The summed E-state index contributed by atoms with van der Waals surface area (Å²) in [6.45, 7) is 2.14. The topological polar surface area (TPSA) is 24.9 Å². The van der Waals surface area contributed by atoms with Crippen LogP contribution in [-0.2, 0) is 0 Å². The third-order valence-electron chi connectivity index (χ3n) is 2.83. The molecule has 2 rings (SSSR count). The van der Waals surface area contributed by atoms with Crippen molar-refractivity contribution in [2.45, 2.75) is 13.0 Å². The van der Waals surface area contributed by atoms with Gasteiger partial charge in [0, 0.05) is 12.4 Å². The van der Waals surface area contributed by atoms with Crippen molar-refractivity contribution in [2.75, 3.05) is 7.05 Å². The molecule has 1 atom stereocenters. The van der Waals surface area contributed by atoms with Crippen molar-refractivity contribution in [1.29, 1.82) is 0 Å². The van der Waals surface area contributed by atoms with E-state index in [-0.39, 0.29) is 6.04 Å². The zero-order valence-corrected chi connectivity index (χ0v) is 9.64. The predicted molar refractivity (Wildman–Crippen MR) is 66.3 cm³/mol. The van der Waals surface area contributed by atoms with Gasteiger partial charge >= 0.3 is 0 Å². The Hall–Kier alpha value is -1.67. The SMILES string of the molecule is CNC(c1ccncc1)c1ccccc1C. The first-order valence-electron chi connectivity index (χ1n) is 5.45. The number of hydrogen-bond acceptors (Lipinski definition) is 2. The second kappa shape index (κ2) is 4.90. The lowest BCUT2D eigenvalue weighted by Crippen LogP contribution is -2.18. The van der Waals surface area contributed by atoms with E-state index in [0.717, 1.165) is 0 Å². The Kier molecular flexibility index (Phi) is 3.32. The molecule has 0 aliphatic heterocycles. The number of aryl methyl sites for hydroxylation is 1. The molecule has 2 nitrogen and oxygen atoms in total. The van der Waals surface area contributed by atoms with Crippen molar-refractivity contribution in [3.8, 4) is 0 Å². The highest BCUT2D eigenvalue weighted by Crippen LogP contribution is 2.23. The molecule has 0 aliphatic rings. The molecule has 1 unspecified atom stereocenters. The van der Waals surface area contributed by atoms with Crippen molar-refractivity contribution in [1.82, 2.24) is 10.3 Å². The van der Waals surface area contributed by atoms with Crippen molar-refractivity contribution in [3.63, 3.8) is 0 Å². The van der Waals surface area contributed by atoms with Crippen LogP contribution < -0.4 is 5.32 Å². The number of nitrogens with zero attached hydrogens (tertiary/aromatic N) is 1. The average Bonchev–Trinajstić information content (AvgIpc) is 2.34. The first-order valence-corrected chi connectivity index (χ1v) is 5.45. The lowest BCUT2D eigenvalue weighted by Gasteiger charge is -2.19. The summed E-state index contributed by atoms with van der Waals surface area (Å²) in [5.41, 5.74) is 3.86. The number of hydrogen-bond donors (Lipinski definition) is 1. The summed E-state index contributed by atoms with van der Waals surface area (Å²) in [6, 6.07) is 12.8. The molecule has 2 aromatic rings. The molecule has 0 spiro atoms. The Morgan fingerprint density at radius 1 is 1.06 bits per heavy atom. The predicted octanol–water partition coefficient (Wildman–Crippen LogP) is 2.70. The van der Waals surface area contributed by atoms with E-state index in [1.807, 2.05) is 31.6 Å². The van der Waals surface area contributed by atoms with Crippen molar-refractivity contribution in [3.05, 3.63) is 65.5 Å². The van der Waals surface area contributed by atoms with E-state index in [2.05, 4.69) is 41.5 Å². The lowest BCUT2D eigenvalue weighted by molar-refractivity contribution is 0.686. The van der Waals surface area contributed by atoms with Gasteiger partial charge in [-0.3, -0.25) is 4.98 Å². The maximum Gasteiger partial charge on any atom is 0.0578 e. The smallest absolute Gasteiger partial charge is 0.0578 e. The first kappa shape index (κ1) is 10.8. The maximum absolute atomic E-state index is 4.05. The Labute approximate surface area is 96.4 Å². The summed E-state index contributed by atoms with van der Waals surface area (Å²) in [5.74, 6) is 0. The van der Waals surface area contributed by atoms with Crippen LogP contribution in [0.4, 0.5) is 0 Å². The minimum atomic E-state index is 0.240. The second-order valence-electron chi connectivity index (χ2n) is 3.86. The van der Waals surface area contributed by atoms with Gasteiger partial charge in [-0.25, -0.2) is 0 Å². The fourth-order valence-corrected chi connectivity index (χ4v) is 1.97. The minimum Gasteiger partial charge on any atom is -0.309 e. The van der Waals surface area contributed by atoms with Gasteiger partial charge in [0.2, 0.25) is 0 Å². The molecule has 1 aromatic heterocycles. The molecular weight excluding hydrogens is 196 g/mol. The van der Waals surface area contributed by atoms with Crippen molar-refractivity contribution >= 4 is 0 Å². The van der Waals surface area contributed by atoms with Crippen LogP contribution in [-0.4, -0.2) is 12.0 Å². The van der Waals surface area contributed by atoms with Crippen LogP contribution in [0, 0.1) is 6.92 Å². The standard InChI is InChI=1S/C14H16N2/c1-11-5-3-4-6-13(11)14(15-2)12-7-9-16-10-8-12/h3-10,14-15H,1-2H3. The highest BCUT2D eigenvalue weighted by atomic mass is 14.9. The molecule has 0 fully saturated rings. The van der Waals surface area contributed by atoms with Crippen LogP contribution >= 0.6 is 0 Å². The Morgan fingerprint density at radius 2 is 1.75 bits per heavy atom. The summed E-state index contributed by atoms with van der Waals surface area (Å²) >= 11 is 0. The summed E-state index contributed by atoms with van der Waals surface area (Å²) < 4.78 is 0. The van der Waals surface area contributed by atoms with Crippen molar-refractivity contribution < 1.29 is 0 Å². The van der Waals surface area contributed by atoms with E-state index in [9.17, 15) is 0 Å². The average molecular weight is 212 g/mol. The summed E-state index contributed by atoms with van der Waals surface area (Å²) in [6.07, 6.45) is 3.66. The molecular formula is C14H16N2. The molecule has 0 saturated heterocycles. The highest BCUT2D eigenvalue weighted by molar-refractivity contribution is 5.35. The van der Waals surface area contributed by atoms with E-state index in [0.29, 0.717) is 0 Å². The number of aromatic nitrogens is 1. The lowest BCUT2D eigenvalue weighted by atomic mass is 9.96. The molecule has 0 bridgehead atoms. The third kappa shape index (κ3) is 2.12. The van der Waals surface area contributed by atoms with Gasteiger partial charge in [-0.15, -0.1) is 0 Å². The molecule has 1 N–H and O–H groups in total. The minimum absolute atomic E-state index is 0.240. The van der Waals surface area contributed by atoms with Gasteiger partial charge in [0.05, 0.1) is 6.04 Å². The quantitative estimate of drug-likeness (QED) is 0.846. The van der Waals surface area contributed by atoms with Crippen molar-refractivity contribution in [2.24, 2.45) is 0 Å². The van der Waals surface area contributed by atoms with E-state index in [4.69, 9.17) is 0 Å².